The molecule has 0 aliphatic heterocycles. The van der Waals surface area contributed by atoms with Gasteiger partial charge in [0, 0.05) is 5.56 Å². The molecule has 0 heterocycles. The largest absolute Gasteiger partial charge is 0.496 e. The van der Waals surface area contributed by atoms with Gasteiger partial charge in [-0.1, -0.05) is 23.7 Å². The molecule has 2 aromatic carbocycles. The van der Waals surface area contributed by atoms with Crippen LogP contribution in [0, 0.1) is 0 Å². The minimum absolute atomic E-state index is 0.0856. The predicted molar refractivity (Wildman–Crippen MR) is 96.0 cm³/mol. The highest BCUT2D eigenvalue weighted by atomic mass is 79.9. The van der Waals surface area contributed by atoms with Crippen LogP contribution in [-0.2, 0) is 4.79 Å². The first kappa shape index (κ1) is 17.8. The number of halogens is 2. The first-order chi connectivity index (χ1) is 11.0. The molecule has 0 saturated carbocycles. The van der Waals surface area contributed by atoms with Crippen LogP contribution in [0.4, 0.5) is 5.69 Å². The minimum atomic E-state index is -0.0856. The van der Waals surface area contributed by atoms with E-state index in [-0.39, 0.29) is 11.9 Å². The first-order valence-electron chi connectivity index (χ1n) is 7.22. The Morgan fingerprint density at radius 1 is 1.35 bits per heavy atom. The zero-order valence-corrected chi connectivity index (χ0v) is 15.3. The average molecular weight is 399 g/mol. The van der Waals surface area contributed by atoms with Gasteiger partial charge >= 0.3 is 0 Å². The number of ether oxygens (including phenoxy) is 1. The third-order valence-electron chi connectivity index (χ3n) is 3.51. The summed E-state index contributed by atoms with van der Waals surface area (Å²) in [6.07, 6.45) is 0. The number of quaternary nitrogens is 1. The lowest BCUT2D eigenvalue weighted by molar-refractivity contribution is -0.682. The third kappa shape index (κ3) is 4.96. The fourth-order valence-corrected chi connectivity index (χ4v) is 2.89. The van der Waals surface area contributed by atoms with E-state index in [0.29, 0.717) is 17.3 Å². The highest BCUT2D eigenvalue weighted by Crippen LogP contribution is 2.27. The molecule has 4 nitrogen and oxygen atoms in total. The van der Waals surface area contributed by atoms with E-state index in [2.05, 4.69) is 28.2 Å². The Kier molecular flexibility index (Phi) is 6.45. The number of nitrogens with two attached hydrogens (primary N) is 1. The number of para-hydroxylation sites is 1. The molecule has 6 heteroatoms. The average Bonchev–Trinajstić information content (AvgIpc) is 2.54. The van der Waals surface area contributed by atoms with Crippen molar-refractivity contribution in [2.75, 3.05) is 19.0 Å². The summed E-state index contributed by atoms with van der Waals surface area (Å²) in [6.45, 7) is 2.37. The van der Waals surface area contributed by atoms with Crippen LogP contribution in [0.2, 0.25) is 5.02 Å². The van der Waals surface area contributed by atoms with Crippen molar-refractivity contribution in [2.24, 2.45) is 0 Å². The fraction of sp³-hybridized carbons (Fsp3) is 0.235. The van der Waals surface area contributed by atoms with E-state index in [1.54, 1.807) is 19.2 Å². The van der Waals surface area contributed by atoms with E-state index < -0.39 is 0 Å². The molecule has 0 saturated heterocycles. The second kappa shape index (κ2) is 8.34. The summed E-state index contributed by atoms with van der Waals surface area (Å²) in [5, 5.41) is 5.32. The Morgan fingerprint density at radius 2 is 2.09 bits per heavy atom. The van der Waals surface area contributed by atoms with Gasteiger partial charge in [-0.15, -0.1) is 0 Å². The molecule has 3 N–H and O–H groups in total. The summed E-state index contributed by atoms with van der Waals surface area (Å²) in [5.74, 6) is 0.704. The van der Waals surface area contributed by atoms with Gasteiger partial charge in [0.25, 0.3) is 5.91 Å². The van der Waals surface area contributed by atoms with Gasteiger partial charge in [0.2, 0.25) is 0 Å². The summed E-state index contributed by atoms with van der Waals surface area (Å²) in [5.41, 5.74) is 1.75. The zero-order chi connectivity index (χ0) is 16.8. The van der Waals surface area contributed by atoms with Crippen LogP contribution in [0.3, 0.4) is 0 Å². The van der Waals surface area contributed by atoms with Crippen molar-refractivity contribution in [3.8, 4) is 5.75 Å². The van der Waals surface area contributed by atoms with Crippen molar-refractivity contribution in [3.05, 3.63) is 57.5 Å². The molecule has 0 radical (unpaired) electrons. The Bertz CT molecular complexity index is 694. The second-order valence-electron chi connectivity index (χ2n) is 5.15. The highest BCUT2D eigenvalue weighted by molar-refractivity contribution is 9.10. The number of rotatable bonds is 6. The Balaban J connectivity index is 1.91. The summed E-state index contributed by atoms with van der Waals surface area (Å²) in [4.78, 5) is 12.0. The molecular formula is C17H19BrClN2O2+. The quantitative estimate of drug-likeness (QED) is 0.784. The molecular weight excluding hydrogens is 380 g/mol. The van der Waals surface area contributed by atoms with Gasteiger partial charge < -0.3 is 15.4 Å². The number of hydrogen-bond acceptors (Lipinski definition) is 2. The van der Waals surface area contributed by atoms with Gasteiger partial charge in [-0.2, -0.15) is 0 Å². The predicted octanol–water partition coefficient (Wildman–Crippen LogP) is 3.37. The minimum Gasteiger partial charge on any atom is -0.496 e. The third-order valence-corrected chi connectivity index (χ3v) is 4.46. The van der Waals surface area contributed by atoms with Crippen LogP contribution in [0.25, 0.3) is 0 Å². The van der Waals surface area contributed by atoms with Gasteiger partial charge in [-0.3, -0.25) is 4.79 Å². The fourth-order valence-electron chi connectivity index (χ4n) is 2.15. The molecule has 122 valence electrons. The van der Waals surface area contributed by atoms with Crippen molar-refractivity contribution in [2.45, 2.75) is 13.0 Å². The normalized spacial score (nSPS) is 11.8. The van der Waals surface area contributed by atoms with Crippen LogP contribution in [-0.4, -0.2) is 19.6 Å². The summed E-state index contributed by atoms with van der Waals surface area (Å²) in [6, 6.07) is 13.3. The maximum atomic E-state index is 12.0. The second-order valence-corrected chi connectivity index (χ2v) is 6.41. The molecule has 1 amide bonds. The molecule has 23 heavy (non-hydrogen) atoms. The van der Waals surface area contributed by atoms with E-state index in [1.807, 2.05) is 35.6 Å². The molecule has 0 fully saturated rings. The Hall–Kier alpha value is -1.56. The van der Waals surface area contributed by atoms with Gasteiger partial charge in [0.1, 0.15) is 11.8 Å². The van der Waals surface area contributed by atoms with Crippen molar-refractivity contribution >= 4 is 39.1 Å². The molecule has 1 atom stereocenters. The van der Waals surface area contributed by atoms with Crippen molar-refractivity contribution < 1.29 is 14.8 Å². The van der Waals surface area contributed by atoms with E-state index in [1.165, 1.54) is 0 Å². The van der Waals surface area contributed by atoms with Gasteiger partial charge in [-0.25, -0.2) is 0 Å². The summed E-state index contributed by atoms with van der Waals surface area (Å²) >= 11 is 9.51. The Labute approximate surface area is 149 Å². The van der Waals surface area contributed by atoms with E-state index >= 15 is 0 Å². The smallest absolute Gasteiger partial charge is 0.279 e. The zero-order valence-electron chi connectivity index (χ0n) is 13.0. The number of nitrogens with one attached hydrogen (secondary N) is 1. The van der Waals surface area contributed by atoms with E-state index in [9.17, 15) is 4.79 Å². The molecule has 0 spiro atoms. The van der Waals surface area contributed by atoms with Crippen molar-refractivity contribution in [1.29, 1.82) is 0 Å². The number of carbonyl (C=O) groups excluding carboxylic acids is 1. The molecule has 0 aromatic heterocycles. The lowest BCUT2D eigenvalue weighted by atomic mass is 10.1. The number of anilines is 1. The van der Waals surface area contributed by atoms with Gasteiger partial charge in [0.15, 0.2) is 6.54 Å². The Morgan fingerprint density at radius 3 is 2.74 bits per heavy atom. The van der Waals surface area contributed by atoms with Crippen LogP contribution in [0.5, 0.6) is 5.75 Å². The highest BCUT2D eigenvalue weighted by Gasteiger charge is 2.14. The number of methoxy groups -OCH3 is 1. The molecule has 2 rings (SSSR count). The maximum absolute atomic E-state index is 12.0. The number of carbonyl (C=O) groups is 1. The lowest BCUT2D eigenvalue weighted by Crippen LogP contribution is -2.86. The van der Waals surface area contributed by atoms with Gasteiger partial charge in [-0.05, 0) is 53.2 Å². The standard InChI is InChI=1S/C17H18BrClN2O2/c1-11(12-7-8-16(23-2)13(18)9-12)20-10-17(22)21-15-6-4-3-5-14(15)19/h3-9,11,20H,10H2,1-2H3,(H,21,22)/p+1/t11-/m0/s1. The van der Waals surface area contributed by atoms with Crippen LogP contribution in [0.15, 0.2) is 46.9 Å². The maximum Gasteiger partial charge on any atom is 0.279 e. The van der Waals surface area contributed by atoms with Crippen molar-refractivity contribution in [3.63, 3.8) is 0 Å². The first-order valence-corrected chi connectivity index (χ1v) is 8.39. The molecule has 0 bridgehead atoms. The van der Waals surface area contributed by atoms with Crippen LogP contribution >= 0.6 is 27.5 Å². The van der Waals surface area contributed by atoms with Crippen LogP contribution < -0.4 is 15.4 Å². The summed E-state index contributed by atoms with van der Waals surface area (Å²) in [7, 11) is 1.63. The lowest BCUT2D eigenvalue weighted by Gasteiger charge is -2.13. The molecule has 0 unspecified atom stereocenters. The topological polar surface area (TPSA) is 54.9 Å². The van der Waals surface area contributed by atoms with E-state index in [4.69, 9.17) is 16.3 Å². The van der Waals surface area contributed by atoms with E-state index in [0.717, 1.165) is 15.8 Å². The number of amides is 1. The number of benzene rings is 2. The van der Waals surface area contributed by atoms with Gasteiger partial charge in [0.05, 0.1) is 22.3 Å². The summed E-state index contributed by atoms with van der Waals surface area (Å²) < 4.78 is 6.12. The number of hydrogen-bond donors (Lipinski definition) is 2. The molecule has 0 aliphatic carbocycles. The van der Waals surface area contributed by atoms with Crippen LogP contribution in [0.1, 0.15) is 18.5 Å². The monoisotopic (exact) mass is 397 g/mol. The molecule has 2 aromatic rings. The van der Waals surface area contributed by atoms with Crippen molar-refractivity contribution in [1.82, 2.24) is 0 Å². The molecule has 0 aliphatic rings. The SMILES string of the molecule is COc1ccc([C@H](C)[NH2+]CC(=O)Nc2ccccc2Cl)cc1Br.